The Bertz CT molecular complexity index is 1120. The van der Waals surface area contributed by atoms with Crippen molar-refractivity contribution in [2.75, 3.05) is 24.9 Å². The molecule has 4 atom stereocenters. The summed E-state index contributed by atoms with van der Waals surface area (Å²) in [5, 5.41) is 43.8. The van der Waals surface area contributed by atoms with E-state index >= 15 is 0 Å². The molecule has 3 aromatic rings. The zero-order valence-corrected chi connectivity index (χ0v) is 16.3. The van der Waals surface area contributed by atoms with Gasteiger partial charge in [-0.25, -0.2) is 20.4 Å². The number of imidazole rings is 1. The summed E-state index contributed by atoms with van der Waals surface area (Å²) in [5.74, 6) is 0.489. The minimum Gasteiger partial charge on any atom is -0.504 e. The van der Waals surface area contributed by atoms with E-state index in [4.69, 9.17) is 15.2 Å². The fourth-order valence-corrected chi connectivity index (χ4v) is 3.28. The molecule has 0 spiro atoms. The van der Waals surface area contributed by atoms with Crippen molar-refractivity contribution in [3.8, 4) is 11.5 Å². The molecule has 0 unspecified atom stereocenters. The van der Waals surface area contributed by atoms with Crippen LogP contribution in [-0.2, 0) is 4.74 Å². The van der Waals surface area contributed by atoms with Gasteiger partial charge in [-0.15, -0.1) is 0 Å². The third kappa shape index (κ3) is 3.70. The van der Waals surface area contributed by atoms with Crippen LogP contribution >= 0.6 is 0 Å². The van der Waals surface area contributed by atoms with Crippen molar-refractivity contribution >= 4 is 29.1 Å². The van der Waals surface area contributed by atoms with E-state index in [1.165, 1.54) is 30.3 Å². The number of aromatic nitrogens is 4. The number of benzene rings is 1. The van der Waals surface area contributed by atoms with Gasteiger partial charge in [-0.2, -0.15) is 5.10 Å². The van der Waals surface area contributed by atoms with Gasteiger partial charge in [0.05, 0.1) is 19.9 Å². The highest BCUT2D eigenvalue weighted by atomic mass is 16.6. The van der Waals surface area contributed by atoms with E-state index in [1.807, 2.05) is 0 Å². The monoisotopic (exact) mass is 431 g/mol. The summed E-state index contributed by atoms with van der Waals surface area (Å²) in [6, 6.07) is 4.67. The average molecular weight is 431 g/mol. The van der Waals surface area contributed by atoms with Gasteiger partial charge in [0.25, 0.3) is 0 Å². The number of methoxy groups -OCH3 is 1. The number of aromatic hydroxyl groups is 1. The number of aliphatic hydroxyl groups excluding tert-OH is 3. The van der Waals surface area contributed by atoms with E-state index < -0.39 is 31.1 Å². The summed E-state index contributed by atoms with van der Waals surface area (Å²) >= 11 is 0. The Kier molecular flexibility index (Phi) is 5.56. The molecule has 0 radical (unpaired) electrons. The molecule has 1 fully saturated rings. The highest BCUT2D eigenvalue weighted by Gasteiger charge is 2.45. The number of nitrogens with zero attached hydrogens (tertiary/aromatic N) is 5. The molecule has 0 amide bonds. The van der Waals surface area contributed by atoms with Crippen LogP contribution in [0, 0.1) is 0 Å². The second kappa shape index (κ2) is 8.31. The normalized spacial score (nSPS) is 23.6. The number of nitrogens with one attached hydrogen (secondary N) is 1. The second-order valence-electron chi connectivity index (χ2n) is 6.77. The van der Waals surface area contributed by atoms with E-state index in [9.17, 15) is 20.4 Å². The molecule has 1 aliphatic rings. The van der Waals surface area contributed by atoms with Gasteiger partial charge in [0, 0.05) is 0 Å². The largest absolute Gasteiger partial charge is 0.504 e. The molecule has 1 saturated heterocycles. The van der Waals surface area contributed by atoms with Crippen molar-refractivity contribution in [3.05, 3.63) is 30.1 Å². The third-order valence-electron chi connectivity index (χ3n) is 4.86. The number of ether oxygens (including phenoxy) is 2. The first-order valence-electron chi connectivity index (χ1n) is 9.21. The van der Waals surface area contributed by atoms with E-state index in [0.717, 1.165) is 0 Å². The van der Waals surface area contributed by atoms with Gasteiger partial charge in [-0.3, -0.25) is 4.57 Å². The topological polar surface area (TPSA) is 193 Å². The van der Waals surface area contributed by atoms with Crippen LogP contribution in [0.15, 0.2) is 29.6 Å². The van der Waals surface area contributed by atoms with Crippen molar-refractivity contribution < 1.29 is 29.9 Å². The molecule has 13 heteroatoms. The Balaban J connectivity index is 1.69. The van der Waals surface area contributed by atoms with Gasteiger partial charge in [-0.1, -0.05) is 0 Å². The van der Waals surface area contributed by atoms with Gasteiger partial charge in [0.1, 0.15) is 24.6 Å². The third-order valence-corrected chi connectivity index (χ3v) is 4.86. The van der Waals surface area contributed by atoms with Crippen molar-refractivity contribution in [3.63, 3.8) is 0 Å². The SMILES string of the molecule is COc1cc(C=NNc2nc3c(N)ncnc3n2[C@@H]2O[C@H](CO)[C@@H](O)[C@H]2O)ccc1O. The molecule has 2 aromatic heterocycles. The van der Waals surface area contributed by atoms with Crippen LogP contribution in [-0.4, -0.2) is 78.2 Å². The maximum Gasteiger partial charge on any atom is 0.228 e. The highest BCUT2D eigenvalue weighted by Crippen LogP contribution is 2.35. The number of hydrogen-bond acceptors (Lipinski definition) is 12. The van der Waals surface area contributed by atoms with Gasteiger partial charge >= 0.3 is 0 Å². The molecule has 1 aromatic carbocycles. The summed E-state index contributed by atoms with van der Waals surface area (Å²) in [5.41, 5.74) is 9.73. The van der Waals surface area contributed by atoms with E-state index in [-0.39, 0.29) is 34.4 Å². The molecule has 164 valence electrons. The molecule has 0 saturated carbocycles. The number of fused-ring (bicyclic) bond motifs is 1. The molecule has 1 aliphatic heterocycles. The second-order valence-corrected chi connectivity index (χ2v) is 6.77. The number of hydrogen-bond donors (Lipinski definition) is 6. The Labute approximate surface area is 175 Å². The first-order chi connectivity index (χ1) is 14.9. The predicted octanol–water partition coefficient (Wildman–Crippen LogP) is -0.820. The molecule has 3 heterocycles. The van der Waals surface area contributed by atoms with Gasteiger partial charge < -0.3 is 35.6 Å². The maximum atomic E-state index is 10.5. The van der Waals surface area contributed by atoms with Gasteiger partial charge in [-0.05, 0) is 23.8 Å². The van der Waals surface area contributed by atoms with Crippen molar-refractivity contribution in [1.29, 1.82) is 0 Å². The van der Waals surface area contributed by atoms with E-state index in [2.05, 4.69) is 25.5 Å². The number of rotatable bonds is 6. The minimum absolute atomic E-state index is 0.00665. The van der Waals surface area contributed by atoms with E-state index in [1.54, 1.807) is 12.1 Å². The Morgan fingerprint density at radius 2 is 2.13 bits per heavy atom. The summed E-state index contributed by atoms with van der Waals surface area (Å²) in [6.45, 7) is -0.484. The predicted molar refractivity (Wildman–Crippen MR) is 109 cm³/mol. The van der Waals surface area contributed by atoms with Crippen molar-refractivity contribution in [2.24, 2.45) is 5.10 Å². The molecule has 31 heavy (non-hydrogen) atoms. The minimum atomic E-state index is -1.36. The number of aliphatic hydroxyl groups is 3. The van der Waals surface area contributed by atoms with Crippen LogP contribution in [0.2, 0.25) is 0 Å². The lowest BCUT2D eigenvalue weighted by atomic mass is 10.1. The van der Waals surface area contributed by atoms with Crippen molar-refractivity contribution in [1.82, 2.24) is 19.5 Å². The Morgan fingerprint density at radius 3 is 2.84 bits per heavy atom. The lowest BCUT2D eigenvalue weighted by molar-refractivity contribution is -0.0501. The van der Waals surface area contributed by atoms with E-state index in [0.29, 0.717) is 5.56 Å². The molecule has 13 nitrogen and oxygen atoms in total. The smallest absolute Gasteiger partial charge is 0.228 e. The van der Waals surface area contributed by atoms with Crippen LogP contribution in [0.3, 0.4) is 0 Å². The highest BCUT2D eigenvalue weighted by molar-refractivity contribution is 5.85. The maximum absolute atomic E-state index is 10.5. The summed E-state index contributed by atoms with van der Waals surface area (Å²) in [7, 11) is 1.43. The number of phenols is 1. The van der Waals surface area contributed by atoms with Crippen molar-refractivity contribution in [2.45, 2.75) is 24.5 Å². The molecule has 7 N–H and O–H groups in total. The Morgan fingerprint density at radius 1 is 1.32 bits per heavy atom. The zero-order chi connectivity index (χ0) is 22.1. The number of phenolic OH excluding ortho intramolecular Hbond substituents is 1. The van der Waals surface area contributed by atoms with Crippen LogP contribution in [0.1, 0.15) is 11.8 Å². The number of nitrogen functional groups attached to an aromatic ring is 1. The van der Waals surface area contributed by atoms with Gasteiger partial charge in [0.2, 0.25) is 5.95 Å². The molecule has 4 rings (SSSR count). The number of nitrogens with two attached hydrogens (primary N) is 1. The quantitative estimate of drug-likeness (QED) is 0.211. The van der Waals surface area contributed by atoms with Crippen LogP contribution in [0.25, 0.3) is 11.2 Å². The first kappa shape index (κ1) is 20.7. The molecular weight excluding hydrogens is 410 g/mol. The fraction of sp³-hybridized carbons (Fsp3) is 0.333. The molecule has 0 bridgehead atoms. The fourth-order valence-electron chi connectivity index (χ4n) is 3.28. The summed E-state index contributed by atoms with van der Waals surface area (Å²) < 4.78 is 12.1. The average Bonchev–Trinajstić information content (AvgIpc) is 3.27. The lowest BCUT2D eigenvalue weighted by Crippen LogP contribution is -2.33. The molecular formula is C18H21N7O6. The van der Waals surface area contributed by atoms with Crippen LogP contribution < -0.4 is 15.9 Å². The standard InChI is InChI=1S/C18H21N7O6/c1-30-10-4-8(2-3-9(10)27)5-22-24-18-23-12-15(19)20-7-21-16(12)25(18)17-14(29)13(28)11(6-26)31-17/h2-5,7,11,13-14,17,26-29H,6H2,1H3,(H,23,24)(H2,19,20,21)/t11-,13-,14-,17-/m1/s1. The van der Waals surface area contributed by atoms with Crippen LogP contribution in [0.4, 0.5) is 11.8 Å². The number of hydrazone groups is 1. The zero-order valence-electron chi connectivity index (χ0n) is 16.3. The number of anilines is 2. The first-order valence-corrected chi connectivity index (χ1v) is 9.21. The molecule has 0 aliphatic carbocycles. The summed E-state index contributed by atoms with van der Waals surface area (Å²) in [4.78, 5) is 12.4. The Hall–Kier alpha value is -3.52. The van der Waals surface area contributed by atoms with Crippen LogP contribution in [0.5, 0.6) is 11.5 Å². The van der Waals surface area contributed by atoms with Gasteiger partial charge in [0.15, 0.2) is 34.7 Å². The lowest BCUT2D eigenvalue weighted by Gasteiger charge is -2.18. The summed E-state index contributed by atoms with van der Waals surface area (Å²) in [6.07, 6.45) is -2.09.